The third-order valence-corrected chi connectivity index (χ3v) is 2.94. The predicted octanol–water partition coefficient (Wildman–Crippen LogP) is 1.54. The highest BCUT2D eigenvalue weighted by Gasteiger charge is 2.16. The molecule has 1 aromatic carbocycles. The first-order chi connectivity index (χ1) is 8.75. The summed E-state index contributed by atoms with van der Waals surface area (Å²) in [4.78, 5) is 15.2. The molecule has 18 heavy (non-hydrogen) atoms. The number of nitrogens with zero attached hydrogens (tertiary/aromatic N) is 1. The Bertz CT molecular complexity index is 667. The van der Waals surface area contributed by atoms with E-state index < -0.39 is 0 Å². The van der Waals surface area contributed by atoms with Crippen LogP contribution in [0.25, 0.3) is 22.5 Å². The number of nitrogens with two attached hydrogens (primary N) is 1. The summed E-state index contributed by atoms with van der Waals surface area (Å²) in [6, 6.07) is 7.70. The minimum absolute atomic E-state index is 0.227. The largest absolute Gasteiger partial charge is 0.369 e. The number of primary amides is 1. The van der Waals surface area contributed by atoms with Crippen LogP contribution in [-0.2, 0) is 11.2 Å². The van der Waals surface area contributed by atoms with Crippen LogP contribution >= 0.6 is 0 Å². The first kappa shape index (κ1) is 10.6. The molecule has 90 valence electrons. The van der Waals surface area contributed by atoms with E-state index in [0.29, 0.717) is 0 Å². The molecule has 2 aliphatic rings. The zero-order valence-corrected chi connectivity index (χ0v) is 9.60. The first-order valence-corrected chi connectivity index (χ1v) is 5.62. The van der Waals surface area contributed by atoms with Gasteiger partial charge in [-0.2, -0.15) is 0 Å². The maximum atomic E-state index is 11.1. The van der Waals surface area contributed by atoms with E-state index in [-0.39, 0.29) is 12.3 Å². The van der Waals surface area contributed by atoms with Gasteiger partial charge in [0.1, 0.15) is 0 Å². The van der Waals surface area contributed by atoms with Crippen LogP contribution in [0, 0.1) is 0 Å². The van der Waals surface area contributed by atoms with Gasteiger partial charge in [0.25, 0.3) is 0 Å². The number of hydrogen-bond acceptors (Lipinski definition) is 2. The van der Waals surface area contributed by atoms with Crippen LogP contribution in [0.1, 0.15) is 5.56 Å². The highest BCUT2D eigenvalue weighted by atomic mass is 16.1. The molecular formula is C13H12N4O. The van der Waals surface area contributed by atoms with Gasteiger partial charge >= 0.3 is 0 Å². The summed E-state index contributed by atoms with van der Waals surface area (Å²) in [5.41, 5.74) is 10.0. The molecule has 0 aliphatic carbocycles. The smallest absolute Gasteiger partial charge is 0.221 e. The maximum Gasteiger partial charge on any atom is 0.221 e. The molecule has 2 heterocycles. The number of H-pyrrole nitrogens is 2. The molecule has 0 spiro atoms. The Hall–Kier alpha value is -2.56. The molecule has 3 rings (SSSR count). The molecule has 5 nitrogen and oxygen atoms in total. The fourth-order valence-corrected chi connectivity index (χ4v) is 2.14. The van der Waals surface area contributed by atoms with Crippen molar-refractivity contribution in [3.8, 4) is 22.5 Å². The van der Waals surface area contributed by atoms with Crippen molar-refractivity contribution in [3.05, 3.63) is 42.2 Å². The van der Waals surface area contributed by atoms with E-state index >= 15 is 0 Å². The fourth-order valence-electron chi connectivity index (χ4n) is 2.14. The van der Waals surface area contributed by atoms with Crippen LogP contribution < -0.4 is 5.73 Å². The number of hydrogen-bond donors (Lipinski definition) is 3. The summed E-state index contributed by atoms with van der Waals surface area (Å²) in [5, 5.41) is 6.15. The van der Waals surface area contributed by atoms with Crippen molar-refractivity contribution in [1.29, 1.82) is 0 Å². The molecule has 1 aromatic rings. The lowest BCUT2D eigenvalue weighted by Crippen LogP contribution is -2.14. The first-order valence-electron chi connectivity index (χ1n) is 5.62. The van der Waals surface area contributed by atoms with Gasteiger partial charge in [-0.25, -0.2) is 0 Å². The second-order valence-electron chi connectivity index (χ2n) is 4.16. The van der Waals surface area contributed by atoms with E-state index in [2.05, 4.69) is 15.2 Å². The van der Waals surface area contributed by atoms with Crippen molar-refractivity contribution in [2.75, 3.05) is 0 Å². The molecule has 0 saturated carbocycles. The van der Waals surface area contributed by atoms with Gasteiger partial charge in [0.05, 0.1) is 24.0 Å². The Labute approximate surface area is 103 Å². The van der Waals surface area contributed by atoms with Crippen molar-refractivity contribution < 1.29 is 4.79 Å². The molecule has 0 aromatic heterocycles. The number of amides is 1. The minimum Gasteiger partial charge on any atom is -0.369 e. The van der Waals surface area contributed by atoms with Crippen molar-refractivity contribution in [1.82, 2.24) is 15.2 Å². The van der Waals surface area contributed by atoms with Gasteiger partial charge in [-0.3, -0.25) is 20.0 Å². The van der Waals surface area contributed by atoms with Crippen LogP contribution in [0.5, 0.6) is 0 Å². The number of rotatable bonds is 3. The molecule has 0 saturated heterocycles. The second kappa shape index (κ2) is 4.03. The third-order valence-electron chi connectivity index (χ3n) is 2.94. The normalized spacial score (nSPS) is 10.9. The van der Waals surface area contributed by atoms with Crippen molar-refractivity contribution >= 4 is 5.91 Å². The van der Waals surface area contributed by atoms with Crippen LogP contribution in [0.15, 0.2) is 36.7 Å². The van der Waals surface area contributed by atoms with Gasteiger partial charge in [-0.15, -0.1) is 0 Å². The van der Waals surface area contributed by atoms with Crippen molar-refractivity contribution in [2.45, 2.75) is 6.42 Å². The van der Waals surface area contributed by atoms with Gasteiger partial charge in [0.15, 0.2) is 0 Å². The lowest BCUT2D eigenvalue weighted by Gasteiger charge is -2.06. The van der Waals surface area contributed by atoms with E-state index in [4.69, 9.17) is 5.73 Å². The Kier molecular flexibility index (Phi) is 2.37. The van der Waals surface area contributed by atoms with E-state index in [1.807, 2.05) is 24.3 Å². The minimum atomic E-state index is -0.338. The summed E-state index contributed by atoms with van der Waals surface area (Å²) in [7, 11) is 0. The van der Waals surface area contributed by atoms with E-state index in [1.54, 1.807) is 12.4 Å². The maximum absolute atomic E-state index is 11.1. The average molecular weight is 240 g/mol. The Morgan fingerprint density at radius 3 is 2.83 bits per heavy atom. The topological polar surface area (TPSA) is 87.6 Å². The number of nitrogens with one attached hydrogen (secondary N) is 2. The standard InChI is InChI=1S/C13H12N4O/c14-12(18)5-8-3-1-2-4-9(8)13-10-6-15-7-11(10)16-17-13/h1-4,6-7,16-17H,5H2,(H2,14,18). The molecule has 0 radical (unpaired) electrons. The zero-order valence-electron chi connectivity index (χ0n) is 9.60. The molecule has 0 unspecified atom stereocenters. The molecule has 0 bridgehead atoms. The summed E-state index contributed by atoms with van der Waals surface area (Å²) in [6.07, 6.45) is 3.77. The highest BCUT2D eigenvalue weighted by molar-refractivity contribution is 5.85. The third kappa shape index (κ3) is 1.66. The molecule has 0 atom stereocenters. The number of benzene rings is 1. The summed E-state index contributed by atoms with van der Waals surface area (Å²) < 4.78 is 0. The van der Waals surface area contributed by atoms with E-state index in [9.17, 15) is 4.79 Å². The Morgan fingerprint density at radius 1 is 1.17 bits per heavy atom. The van der Waals surface area contributed by atoms with Crippen molar-refractivity contribution in [3.63, 3.8) is 0 Å². The van der Waals surface area contributed by atoms with E-state index in [0.717, 1.165) is 28.1 Å². The fraction of sp³-hybridized carbons (Fsp3) is 0.0769. The molecule has 2 aliphatic heterocycles. The predicted molar refractivity (Wildman–Crippen MR) is 67.9 cm³/mol. The molecular weight excluding hydrogens is 228 g/mol. The summed E-state index contributed by atoms with van der Waals surface area (Å²) >= 11 is 0. The molecule has 0 fully saturated rings. The quantitative estimate of drug-likeness (QED) is 0.648. The van der Waals surface area contributed by atoms with Gasteiger partial charge in [0.2, 0.25) is 5.91 Å². The Balaban J connectivity index is 2.12. The van der Waals surface area contributed by atoms with Gasteiger partial charge in [0, 0.05) is 17.3 Å². The number of aromatic amines is 2. The molecule has 1 amide bonds. The SMILES string of the molecule is NC(=O)Cc1ccccc1-c1[nH][nH]c2cncc1-2. The molecule has 4 N–H and O–H groups in total. The number of carbonyl (C=O) groups is 1. The van der Waals surface area contributed by atoms with Crippen LogP contribution in [0.4, 0.5) is 0 Å². The summed E-state index contributed by atoms with van der Waals surface area (Å²) in [6.45, 7) is 0. The van der Waals surface area contributed by atoms with Crippen LogP contribution in [0.3, 0.4) is 0 Å². The number of aromatic nitrogens is 3. The van der Waals surface area contributed by atoms with Gasteiger partial charge in [-0.1, -0.05) is 24.3 Å². The van der Waals surface area contributed by atoms with Crippen molar-refractivity contribution in [2.24, 2.45) is 5.73 Å². The monoisotopic (exact) mass is 240 g/mol. The average Bonchev–Trinajstić information content (AvgIpc) is 2.91. The Morgan fingerprint density at radius 2 is 2.00 bits per heavy atom. The number of fused-ring (bicyclic) bond motifs is 1. The highest BCUT2D eigenvalue weighted by Crippen LogP contribution is 2.32. The van der Waals surface area contributed by atoms with E-state index in [1.165, 1.54) is 0 Å². The van der Waals surface area contributed by atoms with Crippen LogP contribution in [-0.4, -0.2) is 21.1 Å². The van der Waals surface area contributed by atoms with Crippen LogP contribution in [0.2, 0.25) is 0 Å². The van der Waals surface area contributed by atoms with Gasteiger partial charge in [-0.05, 0) is 5.56 Å². The second-order valence-corrected chi connectivity index (χ2v) is 4.16. The summed E-state index contributed by atoms with van der Waals surface area (Å²) in [5.74, 6) is -0.338. The van der Waals surface area contributed by atoms with Gasteiger partial charge < -0.3 is 5.73 Å². The number of carbonyl (C=O) groups excluding carboxylic acids is 1. The lowest BCUT2D eigenvalue weighted by molar-refractivity contribution is -0.117. The molecule has 5 heteroatoms. The zero-order chi connectivity index (χ0) is 12.5. The lowest BCUT2D eigenvalue weighted by atomic mass is 9.99.